The summed E-state index contributed by atoms with van der Waals surface area (Å²) in [5.41, 5.74) is 9.63. The summed E-state index contributed by atoms with van der Waals surface area (Å²) in [7, 11) is 0. The number of ether oxygens (including phenoxy) is 1. The van der Waals surface area contributed by atoms with Gasteiger partial charge in [-0.2, -0.15) is 0 Å². The molecular formula is C18H23NO. The molecule has 0 saturated heterocycles. The number of hydrogen-bond acceptors (Lipinski definition) is 2. The van der Waals surface area contributed by atoms with E-state index < -0.39 is 0 Å². The van der Waals surface area contributed by atoms with Gasteiger partial charge in [0, 0.05) is 11.6 Å². The normalized spacial score (nSPS) is 12.5. The van der Waals surface area contributed by atoms with Crippen LogP contribution in [0.25, 0.3) is 0 Å². The zero-order valence-electron chi connectivity index (χ0n) is 12.7. The van der Waals surface area contributed by atoms with Gasteiger partial charge in [-0.15, -0.1) is 0 Å². The van der Waals surface area contributed by atoms with E-state index in [0.29, 0.717) is 5.92 Å². The number of aryl methyl sites for hydroxylation is 1. The SMILES string of the molecule is Cc1cc(Oc2ccccc2C(C)N)ccc1C(C)C. The van der Waals surface area contributed by atoms with E-state index in [4.69, 9.17) is 10.5 Å². The first-order valence-corrected chi connectivity index (χ1v) is 7.12. The third-order valence-electron chi connectivity index (χ3n) is 3.50. The van der Waals surface area contributed by atoms with Crippen LogP contribution in [0.1, 0.15) is 49.4 Å². The maximum atomic E-state index is 6.01. The highest BCUT2D eigenvalue weighted by Crippen LogP contribution is 2.30. The van der Waals surface area contributed by atoms with Crippen molar-refractivity contribution in [3.05, 3.63) is 59.2 Å². The Bertz CT molecular complexity index is 588. The zero-order valence-corrected chi connectivity index (χ0v) is 12.7. The van der Waals surface area contributed by atoms with Gasteiger partial charge in [0.2, 0.25) is 0 Å². The number of benzene rings is 2. The second-order valence-electron chi connectivity index (χ2n) is 5.60. The Morgan fingerprint density at radius 2 is 1.65 bits per heavy atom. The van der Waals surface area contributed by atoms with Crippen molar-refractivity contribution in [3.63, 3.8) is 0 Å². The molecule has 20 heavy (non-hydrogen) atoms. The Morgan fingerprint density at radius 1 is 0.950 bits per heavy atom. The molecule has 2 heteroatoms. The van der Waals surface area contributed by atoms with Crippen molar-refractivity contribution < 1.29 is 4.74 Å². The van der Waals surface area contributed by atoms with Crippen LogP contribution in [0.5, 0.6) is 11.5 Å². The minimum atomic E-state index is -0.0396. The second kappa shape index (κ2) is 6.10. The van der Waals surface area contributed by atoms with E-state index in [1.807, 2.05) is 37.3 Å². The molecule has 2 aromatic rings. The lowest BCUT2D eigenvalue weighted by Gasteiger charge is -2.15. The highest BCUT2D eigenvalue weighted by molar-refractivity contribution is 5.42. The molecular weight excluding hydrogens is 246 g/mol. The fourth-order valence-corrected chi connectivity index (χ4v) is 2.44. The highest BCUT2D eigenvalue weighted by Gasteiger charge is 2.09. The Hall–Kier alpha value is -1.80. The largest absolute Gasteiger partial charge is 0.457 e. The topological polar surface area (TPSA) is 35.2 Å². The first kappa shape index (κ1) is 14.6. The van der Waals surface area contributed by atoms with Gasteiger partial charge in [-0.1, -0.05) is 38.1 Å². The van der Waals surface area contributed by atoms with Crippen molar-refractivity contribution in [2.45, 2.75) is 39.7 Å². The summed E-state index contributed by atoms with van der Waals surface area (Å²) in [6.45, 7) is 8.50. The molecule has 0 aliphatic rings. The van der Waals surface area contributed by atoms with Crippen LogP contribution in [0.15, 0.2) is 42.5 Å². The van der Waals surface area contributed by atoms with Gasteiger partial charge in [0.15, 0.2) is 0 Å². The van der Waals surface area contributed by atoms with Crippen LogP contribution >= 0.6 is 0 Å². The van der Waals surface area contributed by atoms with E-state index in [1.54, 1.807) is 0 Å². The first-order chi connectivity index (χ1) is 9.49. The van der Waals surface area contributed by atoms with Crippen molar-refractivity contribution in [2.75, 3.05) is 0 Å². The predicted molar refractivity (Wildman–Crippen MR) is 84.4 cm³/mol. The number of para-hydroxylation sites is 1. The lowest BCUT2D eigenvalue weighted by molar-refractivity contribution is 0.471. The fourth-order valence-electron chi connectivity index (χ4n) is 2.44. The maximum absolute atomic E-state index is 6.01. The minimum absolute atomic E-state index is 0.0396. The third-order valence-corrected chi connectivity index (χ3v) is 3.50. The molecule has 0 fully saturated rings. The van der Waals surface area contributed by atoms with Gasteiger partial charge in [0.25, 0.3) is 0 Å². The van der Waals surface area contributed by atoms with Crippen molar-refractivity contribution in [1.82, 2.24) is 0 Å². The summed E-state index contributed by atoms with van der Waals surface area (Å²) in [4.78, 5) is 0. The van der Waals surface area contributed by atoms with Gasteiger partial charge in [0.1, 0.15) is 11.5 Å². The molecule has 2 rings (SSSR count). The molecule has 0 saturated carbocycles. The van der Waals surface area contributed by atoms with E-state index in [9.17, 15) is 0 Å². The monoisotopic (exact) mass is 269 g/mol. The Labute approximate surface area is 121 Å². The van der Waals surface area contributed by atoms with Crippen LogP contribution in [-0.4, -0.2) is 0 Å². The summed E-state index contributed by atoms with van der Waals surface area (Å²) in [5.74, 6) is 2.22. The van der Waals surface area contributed by atoms with Gasteiger partial charge in [0.05, 0.1) is 0 Å². The molecule has 0 aliphatic heterocycles. The maximum Gasteiger partial charge on any atom is 0.132 e. The highest BCUT2D eigenvalue weighted by atomic mass is 16.5. The average Bonchev–Trinajstić information content (AvgIpc) is 2.38. The van der Waals surface area contributed by atoms with E-state index in [2.05, 4.69) is 32.9 Å². The molecule has 1 atom stereocenters. The molecule has 2 nitrogen and oxygen atoms in total. The van der Waals surface area contributed by atoms with Gasteiger partial charge < -0.3 is 10.5 Å². The number of rotatable bonds is 4. The number of nitrogens with two attached hydrogens (primary N) is 1. The lowest BCUT2D eigenvalue weighted by atomic mass is 9.98. The number of hydrogen-bond donors (Lipinski definition) is 1. The molecule has 1 unspecified atom stereocenters. The van der Waals surface area contributed by atoms with E-state index >= 15 is 0 Å². The van der Waals surface area contributed by atoms with Gasteiger partial charge in [-0.3, -0.25) is 0 Å². The van der Waals surface area contributed by atoms with Crippen molar-refractivity contribution in [2.24, 2.45) is 5.73 Å². The Kier molecular flexibility index (Phi) is 4.46. The minimum Gasteiger partial charge on any atom is -0.457 e. The third kappa shape index (κ3) is 3.20. The van der Waals surface area contributed by atoms with Crippen molar-refractivity contribution >= 4 is 0 Å². The predicted octanol–water partition coefficient (Wildman–Crippen LogP) is 4.93. The Morgan fingerprint density at radius 3 is 2.25 bits per heavy atom. The van der Waals surface area contributed by atoms with Gasteiger partial charge in [-0.05, 0) is 49.1 Å². The van der Waals surface area contributed by atoms with Crippen LogP contribution in [0.4, 0.5) is 0 Å². The van der Waals surface area contributed by atoms with Gasteiger partial charge >= 0.3 is 0 Å². The second-order valence-corrected chi connectivity index (χ2v) is 5.60. The standard InChI is InChI=1S/C18H23NO/c1-12(2)16-10-9-15(11-13(16)3)20-18-8-6-5-7-17(18)14(4)19/h5-12,14H,19H2,1-4H3. The summed E-state index contributed by atoms with van der Waals surface area (Å²) in [5, 5.41) is 0. The smallest absolute Gasteiger partial charge is 0.132 e. The van der Waals surface area contributed by atoms with E-state index in [-0.39, 0.29) is 6.04 Å². The molecule has 0 aliphatic carbocycles. The molecule has 0 aromatic heterocycles. The quantitative estimate of drug-likeness (QED) is 0.854. The summed E-state index contributed by atoms with van der Waals surface area (Å²) < 4.78 is 6.01. The van der Waals surface area contributed by atoms with E-state index in [1.165, 1.54) is 11.1 Å². The van der Waals surface area contributed by atoms with Crippen LogP contribution in [0.3, 0.4) is 0 Å². The summed E-state index contributed by atoms with van der Waals surface area (Å²) in [6, 6.07) is 14.1. The average molecular weight is 269 g/mol. The molecule has 2 aromatic carbocycles. The lowest BCUT2D eigenvalue weighted by Crippen LogP contribution is -2.06. The first-order valence-electron chi connectivity index (χ1n) is 7.12. The molecule has 0 amide bonds. The molecule has 106 valence electrons. The van der Waals surface area contributed by atoms with Crippen molar-refractivity contribution in [1.29, 1.82) is 0 Å². The van der Waals surface area contributed by atoms with Crippen LogP contribution < -0.4 is 10.5 Å². The van der Waals surface area contributed by atoms with Crippen LogP contribution in [0.2, 0.25) is 0 Å². The van der Waals surface area contributed by atoms with Crippen molar-refractivity contribution in [3.8, 4) is 11.5 Å². The Balaban J connectivity index is 2.29. The zero-order chi connectivity index (χ0) is 14.7. The molecule has 0 heterocycles. The van der Waals surface area contributed by atoms with E-state index in [0.717, 1.165) is 17.1 Å². The van der Waals surface area contributed by atoms with Crippen LogP contribution in [0, 0.1) is 6.92 Å². The molecule has 0 bridgehead atoms. The fraction of sp³-hybridized carbons (Fsp3) is 0.333. The molecule has 0 spiro atoms. The van der Waals surface area contributed by atoms with Gasteiger partial charge in [-0.25, -0.2) is 0 Å². The summed E-state index contributed by atoms with van der Waals surface area (Å²) in [6.07, 6.45) is 0. The molecule has 0 radical (unpaired) electrons. The summed E-state index contributed by atoms with van der Waals surface area (Å²) >= 11 is 0. The van der Waals surface area contributed by atoms with Crippen LogP contribution in [-0.2, 0) is 0 Å². The molecule has 2 N–H and O–H groups in total.